The Kier molecular flexibility index (Phi) is 10.8. The van der Waals surface area contributed by atoms with Crippen LogP contribution in [0.3, 0.4) is 0 Å². The summed E-state index contributed by atoms with van der Waals surface area (Å²) < 4.78 is 10.2. The summed E-state index contributed by atoms with van der Waals surface area (Å²) in [4.78, 5) is 0. The molecule has 0 rings (SSSR count). The van der Waals surface area contributed by atoms with Crippen molar-refractivity contribution >= 4 is 0 Å². The van der Waals surface area contributed by atoms with E-state index in [4.69, 9.17) is 14.6 Å². The van der Waals surface area contributed by atoms with Crippen molar-refractivity contribution in [3.63, 3.8) is 0 Å². The van der Waals surface area contributed by atoms with Gasteiger partial charge in [0.1, 0.15) is 0 Å². The standard InChI is InChI=1S/C10H22O4/c1-2-3-4-10(12)9-14-8-7-13-6-5-11/h10-12H,2-9H2,1H3. The molecule has 0 spiro atoms. The molecule has 0 amide bonds. The van der Waals surface area contributed by atoms with E-state index in [9.17, 15) is 5.11 Å². The maximum absolute atomic E-state index is 9.38. The quantitative estimate of drug-likeness (QED) is 0.513. The first kappa shape index (κ1) is 13.8. The van der Waals surface area contributed by atoms with Crippen LogP contribution in [0.4, 0.5) is 0 Å². The van der Waals surface area contributed by atoms with Gasteiger partial charge < -0.3 is 19.7 Å². The fourth-order valence-corrected chi connectivity index (χ4v) is 1.03. The fraction of sp³-hybridized carbons (Fsp3) is 1.00. The summed E-state index contributed by atoms with van der Waals surface area (Å²) in [6, 6.07) is 0. The zero-order valence-corrected chi connectivity index (χ0v) is 8.95. The topological polar surface area (TPSA) is 58.9 Å². The summed E-state index contributed by atoms with van der Waals surface area (Å²) in [6.07, 6.45) is 2.57. The predicted octanol–water partition coefficient (Wildman–Crippen LogP) is 0.563. The van der Waals surface area contributed by atoms with Crippen LogP contribution in [0.1, 0.15) is 26.2 Å². The summed E-state index contributed by atoms with van der Waals surface area (Å²) in [7, 11) is 0. The normalized spacial score (nSPS) is 13.1. The number of aliphatic hydroxyl groups excluding tert-OH is 2. The molecule has 0 aliphatic rings. The van der Waals surface area contributed by atoms with E-state index in [2.05, 4.69) is 6.92 Å². The Morgan fingerprint density at radius 2 is 1.86 bits per heavy atom. The van der Waals surface area contributed by atoms with Gasteiger partial charge in [-0.15, -0.1) is 0 Å². The van der Waals surface area contributed by atoms with Crippen molar-refractivity contribution in [3.8, 4) is 0 Å². The molecule has 2 N–H and O–H groups in total. The first-order valence-corrected chi connectivity index (χ1v) is 5.25. The molecule has 4 heteroatoms. The summed E-state index contributed by atoms with van der Waals surface area (Å²) in [5, 5.41) is 17.8. The van der Waals surface area contributed by atoms with Crippen molar-refractivity contribution < 1.29 is 19.7 Å². The molecule has 0 aromatic carbocycles. The average Bonchev–Trinajstić information content (AvgIpc) is 2.20. The minimum Gasteiger partial charge on any atom is -0.394 e. The van der Waals surface area contributed by atoms with Crippen LogP contribution in [0.25, 0.3) is 0 Å². The van der Waals surface area contributed by atoms with E-state index in [0.29, 0.717) is 26.4 Å². The Morgan fingerprint density at radius 3 is 2.50 bits per heavy atom. The Bertz CT molecular complexity index is 108. The van der Waals surface area contributed by atoms with Crippen LogP contribution in [0.15, 0.2) is 0 Å². The molecule has 0 fully saturated rings. The van der Waals surface area contributed by atoms with E-state index in [1.807, 2.05) is 0 Å². The number of hydrogen-bond acceptors (Lipinski definition) is 4. The van der Waals surface area contributed by atoms with Crippen molar-refractivity contribution in [2.45, 2.75) is 32.3 Å². The number of hydrogen-bond donors (Lipinski definition) is 2. The predicted molar refractivity (Wildman–Crippen MR) is 54.3 cm³/mol. The third-order valence-electron chi connectivity index (χ3n) is 1.81. The number of rotatable bonds is 10. The van der Waals surface area contributed by atoms with Gasteiger partial charge in [-0.05, 0) is 6.42 Å². The van der Waals surface area contributed by atoms with Crippen molar-refractivity contribution in [2.24, 2.45) is 0 Å². The largest absolute Gasteiger partial charge is 0.394 e. The Balaban J connectivity index is 3.02. The maximum atomic E-state index is 9.38. The van der Waals surface area contributed by atoms with Gasteiger partial charge in [-0.3, -0.25) is 0 Å². The second-order valence-corrected chi connectivity index (χ2v) is 3.21. The van der Waals surface area contributed by atoms with Crippen molar-refractivity contribution in [3.05, 3.63) is 0 Å². The van der Waals surface area contributed by atoms with Crippen LogP contribution in [0.5, 0.6) is 0 Å². The SMILES string of the molecule is CCCCC(O)COCCOCCO. The van der Waals surface area contributed by atoms with Gasteiger partial charge in [0.05, 0.1) is 39.1 Å². The molecular formula is C10H22O4. The molecule has 0 aliphatic carbocycles. The first-order chi connectivity index (χ1) is 6.81. The summed E-state index contributed by atoms with van der Waals surface area (Å²) in [6.45, 7) is 3.81. The van der Waals surface area contributed by atoms with Crippen molar-refractivity contribution in [1.29, 1.82) is 0 Å². The molecule has 0 aromatic rings. The van der Waals surface area contributed by atoms with Crippen LogP contribution in [-0.2, 0) is 9.47 Å². The number of ether oxygens (including phenoxy) is 2. The molecule has 0 bridgehead atoms. The van der Waals surface area contributed by atoms with E-state index in [1.165, 1.54) is 0 Å². The van der Waals surface area contributed by atoms with E-state index in [1.54, 1.807) is 0 Å². The van der Waals surface area contributed by atoms with Crippen LogP contribution in [-0.4, -0.2) is 49.4 Å². The van der Waals surface area contributed by atoms with Crippen LogP contribution in [0, 0.1) is 0 Å². The van der Waals surface area contributed by atoms with E-state index in [0.717, 1.165) is 19.3 Å². The molecule has 4 nitrogen and oxygen atoms in total. The van der Waals surface area contributed by atoms with Crippen LogP contribution < -0.4 is 0 Å². The zero-order valence-electron chi connectivity index (χ0n) is 8.95. The molecule has 1 atom stereocenters. The van der Waals surface area contributed by atoms with Gasteiger partial charge in [-0.2, -0.15) is 0 Å². The highest BCUT2D eigenvalue weighted by Gasteiger charge is 2.02. The maximum Gasteiger partial charge on any atom is 0.0773 e. The smallest absolute Gasteiger partial charge is 0.0773 e. The lowest BCUT2D eigenvalue weighted by atomic mass is 10.2. The molecule has 14 heavy (non-hydrogen) atoms. The third-order valence-corrected chi connectivity index (χ3v) is 1.81. The summed E-state index contributed by atoms with van der Waals surface area (Å²) >= 11 is 0. The Morgan fingerprint density at radius 1 is 1.14 bits per heavy atom. The molecule has 0 radical (unpaired) electrons. The molecule has 1 unspecified atom stereocenters. The van der Waals surface area contributed by atoms with E-state index in [-0.39, 0.29) is 12.7 Å². The fourth-order valence-electron chi connectivity index (χ4n) is 1.03. The molecule has 86 valence electrons. The molecule has 0 saturated heterocycles. The van der Waals surface area contributed by atoms with E-state index < -0.39 is 0 Å². The monoisotopic (exact) mass is 206 g/mol. The average molecular weight is 206 g/mol. The number of unbranched alkanes of at least 4 members (excludes halogenated alkanes) is 1. The second-order valence-electron chi connectivity index (χ2n) is 3.21. The second kappa shape index (κ2) is 10.9. The van der Waals surface area contributed by atoms with Crippen molar-refractivity contribution in [2.75, 3.05) is 33.0 Å². The van der Waals surface area contributed by atoms with Crippen LogP contribution >= 0.6 is 0 Å². The van der Waals surface area contributed by atoms with Crippen molar-refractivity contribution in [1.82, 2.24) is 0 Å². The van der Waals surface area contributed by atoms with Gasteiger partial charge >= 0.3 is 0 Å². The highest BCUT2D eigenvalue weighted by Crippen LogP contribution is 2.00. The molecule has 0 saturated carbocycles. The number of aliphatic hydroxyl groups is 2. The minimum atomic E-state index is -0.354. The first-order valence-electron chi connectivity index (χ1n) is 5.25. The van der Waals surface area contributed by atoms with Gasteiger partial charge in [0, 0.05) is 0 Å². The van der Waals surface area contributed by atoms with Gasteiger partial charge in [-0.1, -0.05) is 19.8 Å². The van der Waals surface area contributed by atoms with Gasteiger partial charge in [-0.25, -0.2) is 0 Å². The highest BCUT2D eigenvalue weighted by molar-refractivity contribution is 4.52. The molecule has 0 aromatic heterocycles. The lowest BCUT2D eigenvalue weighted by Crippen LogP contribution is -2.17. The van der Waals surface area contributed by atoms with Gasteiger partial charge in [0.2, 0.25) is 0 Å². The van der Waals surface area contributed by atoms with Crippen LogP contribution in [0.2, 0.25) is 0 Å². The summed E-state index contributed by atoms with van der Waals surface area (Å²) in [5.41, 5.74) is 0. The highest BCUT2D eigenvalue weighted by atomic mass is 16.5. The lowest BCUT2D eigenvalue weighted by molar-refractivity contribution is -0.00454. The summed E-state index contributed by atoms with van der Waals surface area (Å²) in [5.74, 6) is 0. The molecule has 0 heterocycles. The Hall–Kier alpha value is -0.160. The lowest BCUT2D eigenvalue weighted by Gasteiger charge is -2.10. The molecular weight excluding hydrogens is 184 g/mol. The zero-order chi connectivity index (χ0) is 10.6. The Labute approximate surface area is 85.8 Å². The third kappa shape index (κ3) is 9.92. The molecule has 0 aliphatic heterocycles. The van der Waals surface area contributed by atoms with E-state index >= 15 is 0 Å². The van der Waals surface area contributed by atoms with Gasteiger partial charge in [0.25, 0.3) is 0 Å². The minimum absolute atomic E-state index is 0.0408. The van der Waals surface area contributed by atoms with Gasteiger partial charge in [0.15, 0.2) is 0 Å².